The lowest BCUT2D eigenvalue weighted by Crippen LogP contribution is -2.13. The standard InChI is InChI=1S/C17H15N3O2S/c1-11-9-12(6-7-15(11)22-2)14-10-23-17(19-14)20-16(21)13-5-3-4-8-18-13/h3-10H,1-2H3,(H,19,20,21). The lowest BCUT2D eigenvalue weighted by molar-refractivity contribution is 0.102. The number of benzene rings is 1. The van der Waals surface area contributed by atoms with Crippen LogP contribution >= 0.6 is 11.3 Å². The van der Waals surface area contributed by atoms with E-state index in [4.69, 9.17) is 4.74 Å². The van der Waals surface area contributed by atoms with Crippen molar-refractivity contribution in [3.63, 3.8) is 0 Å². The molecule has 0 spiro atoms. The van der Waals surface area contributed by atoms with Gasteiger partial charge in [-0.1, -0.05) is 6.07 Å². The molecule has 0 bridgehead atoms. The number of carbonyl (C=O) groups excluding carboxylic acids is 1. The Morgan fingerprint density at radius 2 is 2.13 bits per heavy atom. The smallest absolute Gasteiger partial charge is 0.276 e. The number of rotatable bonds is 4. The van der Waals surface area contributed by atoms with Crippen LogP contribution in [0.15, 0.2) is 48.0 Å². The molecule has 1 aromatic carbocycles. The monoisotopic (exact) mass is 325 g/mol. The molecule has 0 fully saturated rings. The minimum absolute atomic E-state index is 0.266. The van der Waals surface area contributed by atoms with E-state index in [1.807, 2.05) is 30.5 Å². The second-order valence-electron chi connectivity index (χ2n) is 4.89. The summed E-state index contributed by atoms with van der Waals surface area (Å²) in [6.07, 6.45) is 1.59. The van der Waals surface area contributed by atoms with Crippen LogP contribution in [0.25, 0.3) is 11.3 Å². The van der Waals surface area contributed by atoms with Crippen molar-refractivity contribution in [3.8, 4) is 17.0 Å². The van der Waals surface area contributed by atoms with Gasteiger partial charge in [0.25, 0.3) is 5.91 Å². The number of pyridine rings is 1. The Morgan fingerprint density at radius 1 is 1.26 bits per heavy atom. The average Bonchev–Trinajstić information content (AvgIpc) is 3.04. The number of aromatic nitrogens is 2. The van der Waals surface area contributed by atoms with E-state index in [2.05, 4.69) is 15.3 Å². The number of methoxy groups -OCH3 is 1. The molecule has 2 aromatic heterocycles. The third kappa shape index (κ3) is 3.37. The number of ether oxygens (including phenoxy) is 1. The van der Waals surface area contributed by atoms with Gasteiger partial charge < -0.3 is 4.74 Å². The van der Waals surface area contributed by atoms with E-state index < -0.39 is 0 Å². The molecule has 2 heterocycles. The van der Waals surface area contributed by atoms with Gasteiger partial charge in [0.15, 0.2) is 5.13 Å². The first-order valence-corrected chi connectivity index (χ1v) is 7.88. The number of anilines is 1. The number of aryl methyl sites for hydroxylation is 1. The van der Waals surface area contributed by atoms with Gasteiger partial charge in [0.1, 0.15) is 11.4 Å². The fourth-order valence-electron chi connectivity index (χ4n) is 2.16. The lowest BCUT2D eigenvalue weighted by Gasteiger charge is -2.05. The van der Waals surface area contributed by atoms with Crippen molar-refractivity contribution >= 4 is 22.4 Å². The van der Waals surface area contributed by atoms with E-state index in [-0.39, 0.29) is 5.91 Å². The quantitative estimate of drug-likeness (QED) is 0.793. The maximum absolute atomic E-state index is 12.1. The van der Waals surface area contributed by atoms with Gasteiger partial charge in [0.05, 0.1) is 12.8 Å². The zero-order chi connectivity index (χ0) is 16.2. The van der Waals surface area contributed by atoms with Gasteiger partial charge in [-0.05, 0) is 42.8 Å². The Bertz CT molecular complexity index is 831. The molecule has 0 radical (unpaired) electrons. The lowest BCUT2D eigenvalue weighted by atomic mass is 10.1. The average molecular weight is 325 g/mol. The summed E-state index contributed by atoms with van der Waals surface area (Å²) in [5.41, 5.74) is 3.21. The Balaban J connectivity index is 1.78. The van der Waals surface area contributed by atoms with E-state index in [1.54, 1.807) is 31.5 Å². The molecule has 0 aliphatic heterocycles. The highest BCUT2D eigenvalue weighted by Gasteiger charge is 2.11. The SMILES string of the molecule is COc1ccc(-c2csc(NC(=O)c3ccccn3)n2)cc1C. The highest BCUT2D eigenvalue weighted by molar-refractivity contribution is 7.14. The number of amides is 1. The summed E-state index contributed by atoms with van der Waals surface area (Å²) in [7, 11) is 1.65. The van der Waals surface area contributed by atoms with Gasteiger partial charge in [0.2, 0.25) is 0 Å². The van der Waals surface area contributed by atoms with Crippen LogP contribution in [0.3, 0.4) is 0 Å². The molecule has 0 unspecified atom stereocenters. The van der Waals surface area contributed by atoms with E-state index in [0.29, 0.717) is 10.8 Å². The summed E-state index contributed by atoms with van der Waals surface area (Å²) < 4.78 is 5.26. The normalized spacial score (nSPS) is 10.3. The summed E-state index contributed by atoms with van der Waals surface area (Å²) in [6, 6.07) is 11.1. The topological polar surface area (TPSA) is 64.1 Å². The summed E-state index contributed by atoms with van der Waals surface area (Å²) in [4.78, 5) is 20.6. The molecule has 116 valence electrons. The number of hydrogen-bond acceptors (Lipinski definition) is 5. The second-order valence-corrected chi connectivity index (χ2v) is 5.75. The Kier molecular flexibility index (Phi) is 4.34. The fraction of sp³-hybridized carbons (Fsp3) is 0.118. The van der Waals surface area contributed by atoms with E-state index in [1.165, 1.54) is 11.3 Å². The molecular formula is C17H15N3O2S. The summed E-state index contributed by atoms with van der Waals surface area (Å²) in [5, 5.41) is 5.22. The maximum Gasteiger partial charge on any atom is 0.276 e. The van der Waals surface area contributed by atoms with Crippen LogP contribution in [0.4, 0.5) is 5.13 Å². The van der Waals surface area contributed by atoms with Crippen molar-refractivity contribution in [1.82, 2.24) is 9.97 Å². The van der Waals surface area contributed by atoms with Gasteiger partial charge in [-0.15, -0.1) is 11.3 Å². The van der Waals surface area contributed by atoms with Crippen LogP contribution in [-0.4, -0.2) is 23.0 Å². The van der Waals surface area contributed by atoms with Gasteiger partial charge in [-0.25, -0.2) is 4.98 Å². The predicted octanol–water partition coefficient (Wildman–Crippen LogP) is 3.77. The number of nitrogens with zero attached hydrogens (tertiary/aromatic N) is 2. The van der Waals surface area contributed by atoms with E-state index in [9.17, 15) is 4.79 Å². The minimum Gasteiger partial charge on any atom is -0.496 e. The molecule has 23 heavy (non-hydrogen) atoms. The van der Waals surface area contributed by atoms with Crippen molar-refractivity contribution in [2.75, 3.05) is 12.4 Å². The van der Waals surface area contributed by atoms with Crippen LogP contribution in [0.1, 0.15) is 16.1 Å². The molecular weight excluding hydrogens is 310 g/mol. The molecule has 5 nitrogen and oxygen atoms in total. The van der Waals surface area contributed by atoms with E-state index in [0.717, 1.165) is 22.6 Å². The fourth-order valence-corrected chi connectivity index (χ4v) is 2.87. The summed E-state index contributed by atoms with van der Waals surface area (Å²) >= 11 is 1.38. The van der Waals surface area contributed by atoms with Gasteiger partial charge in [-0.2, -0.15) is 0 Å². The Labute approximate surface area is 138 Å². The molecule has 0 atom stereocenters. The molecule has 3 aromatic rings. The van der Waals surface area contributed by atoms with Gasteiger partial charge in [-0.3, -0.25) is 15.1 Å². The largest absolute Gasteiger partial charge is 0.496 e. The first-order chi connectivity index (χ1) is 11.2. The highest BCUT2D eigenvalue weighted by atomic mass is 32.1. The van der Waals surface area contributed by atoms with Crippen LogP contribution < -0.4 is 10.1 Å². The summed E-state index contributed by atoms with van der Waals surface area (Å²) in [5.74, 6) is 0.574. The molecule has 1 amide bonds. The van der Waals surface area contributed by atoms with Crippen LogP contribution in [0, 0.1) is 6.92 Å². The minimum atomic E-state index is -0.266. The van der Waals surface area contributed by atoms with Crippen LogP contribution in [0.5, 0.6) is 5.75 Å². The molecule has 0 aliphatic rings. The van der Waals surface area contributed by atoms with Crippen LogP contribution in [-0.2, 0) is 0 Å². The number of carbonyl (C=O) groups is 1. The van der Waals surface area contributed by atoms with E-state index >= 15 is 0 Å². The van der Waals surface area contributed by atoms with Gasteiger partial charge >= 0.3 is 0 Å². The molecule has 1 N–H and O–H groups in total. The second kappa shape index (κ2) is 6.58. The molecule has 3 rings (SSSR count). The summed E-state index contributed by atoms with van der Waals surface area (Å²) in [6.45, 7) is 1.98. The third-order valence-electron chi connectivity index (χ3n) is 3.31. The molecule has 0 aliphatic carbocycles. The van der Waals surface area contributed by atoms with Crippen molar-refractivity contribution in [3.05, 3.63) is 59.2 Å². The van der Waals surface area contributed by atoms with Gasteiger partial charge in [0, 0.05) is 17.1 Å². The highest BCUT2D eigenvalue weighted by Crippen LogP contribution is 2.28. The predicted molar refractivity (Wildman–Crippen MR) is 91.0 cm³/mol. The van der Waals surface area contributed by atoms with Crippen molar-refractivity contribution in [2.24, 2.45) is 0 Å². The molecule has 0 saturated heterocycles. The first-order valence-electron chi connectivity index (χ1n) is 7.00. The van der Waals surface area contributed by atoms with Crippen molar-refractivity contribution < 1.29 is 9.53 Å². The number of nitrogens with one attached hydrogen (secondary N) is 1. The zero-order valence-electron chi connectivity index (χ0n) is 12.7. The zero-order valence-corrected chi connectivity index (χ0v) is 13.6. The maximum atomic E-state index is 12.1. The molecule has 6 heteroatoms. The molecule has 0 saturated carbocycles. The first kappa shape index (κ1) is 15.2. The van der Waals surface area contributed by atoms with Crippen molar-refractivity contribution in [1.29, 1.82) is 0 Å². The Morgan fingerprint density at radius 3 is 2.83 bits per heavy atom. The number of thiazole rings is 1. The third-order valence-corrected chi connectivity index (χ3v) is 4.07. The van der Waals surface area contributed by atoms with Crippen LogP contribution in [0.2, 0.25) is 0 Å². The Hall–Kier alpha value is -2.73. The number of hydrogen-bond donors (Lipinski definition) is 1. The van der Waals surface area contributed by atoms with Crippen molar-refractivity contribution in [2.45, 2.75) is 6.92 Å².